The van der Waals surface area contributed by atoms with E-state index in [1.165, 1.54) is 0 Å². The molecule has 0 unspecified atom stereocenters. The second-order valence-corrected chi connectivity index (χ2v) is 6.31. The molecule has 0 radical (unpaired) electrons. The highest BCUT2D eigenvalue weighted by molar-refractivity contribution is 7.89. The Kier molecular flexibility index (Phi) is 7.11. The lowest BCUT2D eigenvalue weighted by Crippen LogP contribution is -2.34. The van der Waals surface area contributed by atoms with Crippen molar-refractivity contribution in [1.82, 2.24) is 9.62 Å². The van der Waals surface area contributed by atoms with Crippen LogP contribution >= 0.6 is 0 Å². The fourth-order valence-electron chi connectivity index (χ4n) is 1.62. The van der Waals surface area contributed by atoms with Gasteiger partial charge in [-0.2, -0.15) is 0 Å². The topological polar surface area (TPSA) is 84.7 Å². The maximum atomic E-state index is 12.0. The van der Waals surface area contributed by atoms with Crippen molar-refractivity contribution < 1.29 is 13.2 Å². The van der Waals surface area contributed by atoms with Gasteiger partial charge in [0, 0.05) is 33.3 Å². The van der Waals surface area contributed by atoms with Gasteiger partial charge in [-0.25, -0.2) is 13.1 Å². The molecule has 0 heterocycles. The van der Waals surface area contributed by atoms with Gasteiger partial charge in [-0.15, -0.1) is 0 Å². The maximum Gasteiger partial charge on any atom is 0.240 e. The van der Waals surface area contributed by atoms with Crippen molar-refractivity contribution >= 4 is 10.0 Å². The first-order valence-corrected chi connectivity index (χ1v) is 7.94. The van der Waals surface area contributed by atoms with Gasteiger partial charge in [-0.3, -0.25) is 0 Å². The van der Waals surface area contributed by atoms with Crippen LogP contribution < -0.4 is 10.5 Å². The van der Waals surface area contributed by atoms with Gasteiger partial charge in [-0.05, 0) is 24.7 Å². The Bertz CT molecular complexity index is 488. The van der Waals surface area contributed by atoms with E-state index in [1.54, 1.807) is 31.4 Å². The van der Waals surface area contributed by atoms with Gasteiger partial charge < -0.3 is 15.4 Å². The first-order valence-electron chi connectivity index (χ1n) is 6.45. The fourth-order valence-corrected chi connectivity index (χ4v) is 2.64. The largest absolute Gasteiger partial charge is 0.383 e. The van der Waals surface area contributed by atoms with Crippen LogP contribution in [0, 0.1) is 0 Å². The van der Waals surface area contributed by atoms with Crippen LogP contribution in [0.3, 0.4) is 0 Å². The fraction of sp³-hybridized carbons (Fsp3) is 0.538. The molecule has 0 saturated heterocycles. The third kappa shape index (κ3) is 5.56. The summed E-state index contributed by atoms with van der Waals surface area (Å²) in [6.07, 6.45) is 0. The van der Waals surface area contributed by atoms with Gasteiger partial charge in [0.1, 0.15) is 0 Å². The molecule has 6 nitrogen and oxygen atoms in total. The lowest BCUT2D eigenvalue weighted by atomic mass is 10.2. The number of ether oxygens (including phenoxy) is 1. The van der Waals surface area contributed by atoms with Gasteiger partial charge in [0.25, 0.3) is 0 Å². The molecule has 0 aliphatic heterocycles. The van der Waals surface area contributed by atoms with Crippen LogP contribution in [0.4, 0.5) is 0 Å². The molecule has 114 valence electrons. The van der Waals surface area contributed by atoms with Crippen molar-refractivity contribution in [3.8, 4) is 0 Å². The van der Waals surface area contributed by atoms with Gasteiger partial charge in [0.15, 0.2) is 0 Å². The Morgan fingerprint density at radius 2 is 1.90 bits per heavy atom. The molecule has 0 aliphatic carbocycles. The van der Waals surface area contributed by atoms with Gasteiger partial charge in [0.2, 0.25) is 10.0 Å². The Morgan fingerprint density at radius 3 is 2.45 bits per heavy atom. The van der Waals surface area contributed by atoms with Crippen LogP contribution in [-0.4, -0.2) is 53.7 Å². The SMILES string of the molecule is COCCN(C)CCNS(=O)(=O)c1ccc(CN)cc1. The standard InChI is InChI=1S/C13H23N3O3S/c1-16(9-10-19-2)8-7-15-20(17,18)13-5-3-12(11-14)4-6-13/h3-6,15H,7-11,14H2,1-2H3. The molecule has 0 aromatic heterocycles. The lowest BCUT2D eigenvalue weighted by Gasteiger charge is -2.16. The van der Waals surface area contributed by atoms with Crippen LogP contribution in [0.25, 0.3) is 0 Å². The Hall–Kier alpha value is -0.990. The first kappa shape index (κ1) is 17.1. The third-order valence-electron chi connectivity index (χ3n) is 2.93. The molecule has 1 rings (SSSR count). The Morgan fingerprint density at radius 1 is 1.25 bits per heavy atom. The smallest absolute Gasteiger partial charge is 0.240 e. The number of nitrogens with one attached hydrogen (secondary N) is 1. The van der Waals surface area contributed by atoms with E-state index in [9.17, 15) is 8.42 Å². The number of nitrogens with zero attached hydrogens (tertiary/aromatic N) is 1. The van der Waals surface area contributed by atoms with Gasteiger partial charge in [-0.1, -0.05) is 12.1 Å². The summed E-state index contributed by atoms with van der Waals surface area (Å²) in [4.78, 5) is 2.26. The summed E-state index contributed by atoms with van der Waals surface area (Å²) < 4.78 is 31.6. The quantitative estimate of drug-likeness (QED) is 0.671. The molecule has 0 aliphatic rings. The summed E-state index contributed by atoms with van der Waals surface area (Å²) in [6, 6.07) is 6.58. The molecule has 7 heteroatoms. The van der Waals surface area contributed by atoms with Crippen molar-refractivity contribution in [1.29, 1.82) is 0 Å². The number of benzene rings is 1. The minimum atomic E-state index is -3.45. The summed E-state index contributed by atoms with van der Waals surface area (Å²) in [7, 11) is 0.110. The zero-order valence-corrected chi connectivity index (χ0v) is 12.8. The van der Waals surface area contributed by atoms with Crippen LogP contribution in [0.5, 0.6) is 0 Å². The molecule has 0 bridgehead atoms. The highest BCUT2D eigenvalue weighted by Crippen LogP contribution is 2.09. The van der Waals surface area contributed by atoms with E-state index >= 15 is 0 Å². The zero-order chi connectivity index (χ0) is 15.0. The molecule has 3 N–H and O–H groups in total. The average Bonchev–Trinajstić information content (AvgIpc) is 2.45. The molecule has 0 fully saturated rings. The highest BCUT2D eigenvalue weighted by Gasteiger charge is 2.13. The van der Waals surface area contributed by atoms with Crippen molar-refractivity contribution in [2.45, 2.75) is 11.4 Å². The molecule has 1 aromatic rings. The normalized spacial score (nSPS) is 12.0. The highest BCUT2D eigenvalue weighted by atomic mass is 32.2. The van der Waals surface area contributed by atoms with E-state index in [0.29, 0.717) is 26.2 Å². The molecule has 0 atom stereocenters. The van der Waals surface area contributed by atoms with E-state index in [2.05, 4.69) is 4.72 Å². The second-order valence-electron chi connectivity index (χ2n) is 4.54. The van der Waals surface area contributed by atoms with E-state index in [0.717, 1.165) is 12.1 Å². The number of rotatable bonds is 9. The van der Waals surface area contributed by atoms with Crippen molar-refractivity contribution in [3.05, 3.63) is 29.8 Å². The minimum Gasteiger partial charge on any atom is -0.383 e. The van der Waals surface area contributed by atoms with Crippen molar-refractivity contribution in [2.75, 3.05) is 40.4 Å². The summed E-state index contributed by atoms with van der Waals surface area (Å²) in [5.74, 6) is 0. The molecular formula is C13H23N3O3S. The van der Waals surface area contributed by atoms with Crippen LogP contribution in [-0.2, 0) is 21.3 Å². The molecule has 0 amide bonds. The summed E-state index contributed by atoms with van der Waals surface area (Å²) in [6.45, 7) is 2.79. The van der Waals surface area contributed by atoms with E-state index in [4.69, 9.17) is 10.5 Å². The number of likely N-dealkylation sites (N-methyl/N-ethyl adjacent to an activating group) is 1. The third-order valence-corrected chi connectivity index (χ3v) is 4.41. The number of methoxy groups -OCH3 is 1. The van der Waals surface area contributed by atoms with E-state index < -0.39 is 10.0 Å². The number of sulfonamides is 1. The summed E-state index contributed by atoms with van der Waals surface area (Å²) in [5.41, 5.74) is 6.39. The number of hydrogen-bond donors (Lipinski definition) is 2. The predicted molar refractivity (Wildman–Crippen MR) is 78.9 cm³/mol. The van der Waals surface area contributed by atoms with Gasteiger partial charge in [0.05, 0.1) is 11.5 Å². The minimum absolute atomic E-state index is 0.259. The predicted octanol–water partition coefficient (Wildman–Crippen LogP) is 0.00180. The Balaban J connectivity index is 2.48. The molecule has 0 saturated carbocycles. The van der Waals surface area contributed by atoms with Crippen LogP contribution in [0.1, 0.15) is 5.56 Å². The summed E-state index contributed by atoms with van der Waals surface area (Å²) in [5, 5.41) is 0. The molecule has 1 aromatic carbocycles. The molecule has 20 heavy (non-hydrogen) atoms. The molecular weight excluding hydrogens is 278 g/mol. The van der Waals surface area contributed by atoms with Gasteiger partial charge >= 0.3 is 0 Å². The van der Waals surface area contributed by atoms with E-state index in [1.807, 2.05) is 11.9 Å². The molecule has 0 spiro atoms. The first-order chi connectivity index (χ1) is 9.49. The van der Waals surface area contributed by atoms with E-state index in [-0.39, 0.29) is 4.90 Å². The second kappa shape index (κ2) is 8.33. The van der Waals surface area contributed by atoms with Crippen molar-refractivity contribution in [2.24, 2.45) is 5.73 Å². The Labute approximate surface area is 121 Å². The van der Waals surface area contributed by atoms with Crippen LogP contribution in [0.2, 0.25) is 0 Å². The van der Waals surface area contributed by atoms with Crippen molar-refractivity contribution in [3.63, 3.8) is 0 Å². The maximum absolute atomic E-state index is 12.0. The number of hydrogen-bond acceptors (Lipinski definition) is 5. The number of nitrogens with two attached hydrogens (primary N) is 1. The summed E-state index contributed by atoms with van der Waals surface area (Å²) >= 11 is 0. The lowest BCUT2D eigenvalue weighted by molar-refractivity contribution is 0.162. The zero-order valence-electron chi connectivity index (χ0n) is 12.0. The van der Waals surface area contributed by atoms with Crippen LogP contribution in [0.15, 0.2) is 29.2 Å². The monoisotopic (exact) mass is 301 g/mol. The average molecular weight is 301 g/mol.